The Morgan fingerprint density at radius 1 is 0.923 bits per heavy atom. The normalized spacial score (nSPS) is 13.2. The molecule has 0 spiro atoms. The second-order valence-corrected chi connectivity index (χ2v) is 8.76. The van der Waals surface area contributed by atoms with Gasteiger partial charge >= 0.3 is 0 Å². The van der Waals surface area contributed by atoms with Crippen LogP contribution in [0, 0.1) is 0 Å². The number of rotatable bonds is 8. The molecule has 146 valence electrons. The average molecular weight is 363 g/mol. The molecule has 26 heavy (non-hydrogen) atoms. The van der Waals surface area contributed by atoms with E-state index in [1.807, 2.05) is 71.9 Å². The van der Waals surface area contributed by atoms with Gasteiger partial charge in [-0.25, -0.2) is 0 Å². The maximum absolute atomic E-state index is 12.3. The second-order valence-electron chi connectivity index (χ2n) is 8.76. The Bertz CT molecular complexity index is 571. The zero-order chi connectivity index (χ0) is 19.8. The molecular weight excluding hydrogens is 328 g/mol. The highest BCUT2D eigenvalue weighted by molar-refractivity contribution is 5.78. The van der Waals surface area contributed by atoms with Gasteiger partial charge < -0.3 is 15.4 Å². The molecule has 0 aliphatic rings. The predicted molar refractivity (Wildman–Crippen MR) is 105 cm³/mol. The first kappa shape index (κ1) is 22.2. The van der Waals surface area contributed by atoms with Gasteiger partial charge in [0.05, 0.1) is 19.1 Å². The highest BCUT2D eigenvalue weighted by atomic mass is 16.5. The summed E-state index contributed by atoms with van der Waals surface area (Å²) >= 11 is 0. The first-order chi connectivity index (χ1) is 11.9. The van der Waals surface area contributed by atoms with Crippen molar-refractivity contribution in [1.82, 2.24) is 10.6 Å². The van der Waals surface area contributed by atoms with E-state index in [0.717, 1.165) is 5.56 Å². The molecule has 0 bridgehead atoms. The van der Waals surface area contributed by atoms with Crippen molar-refractivity contribution >= 4 is 11.8 Å². The van der Waals surface area contributed by atoms with Crippen molar-refractivity contribution in [2.75, 3.05) is 0 Å². The minimum absolute atomic E-state index is 0.0259. The number of amides is 2. The van der Waals surface area contributed by atoms with Gasteiger partial charge in [-0.05, 0) is 53.5 Å². The highest BCUT2D eigenvalue weighted by Gasteiger charge is 2.21. The third kappa shape index (κ3) is 10.9. The first-order valence-electron chi connectivity index (χ1n) is 9.22. The molecule has 0 aliphatic carbocycles. The number of carbonyl (C=O) groups excluding carboxylic acids is 2. The van der Waals surface area contributed by atoms with E-state index in [9.17, 15) is 9.59 Å². The molecule has 2 N–H and O–H groups in total. The lowest BCUT2D eigenvalue weighted by Crippen LogP contribution is -2.43. The summed E-state index contributed by atoms with van der Waals surface area (Å²) < 4.78 is 5.95. The predicted octanol–water partition coefficient (Wildman–Crippen LogP) is 3.57. The summed E-state index contributed by atoms with van der Waals surface area (Å²) in [5.41, 5.74) is 0.499. The monoisotopic (exact) mass is 362 g/mol. The smallest absolute Gasteiger partial charge is 0.223 e. The van der Waals surface area contributed by atoms with Crippen LogP contribution in [0.1, 0.15) is 66.4 Å². The summed E-state index contributed by atoms with van der Waals surface area (Å²) in [6, 6.07) is 9.83. The first-order valence-corrected chi connectivity index (χ1v) is 9.22. The molecule has 0 aliphatic heterocycles. The summed E-state index contributed by atoms with van der Waals surface area (Å²) in [7, 11) is 0. The van der Waals surface area contributed by atoms with Crippen molar-refractivity contribution in [3.63, 3.8) is 0 Å². The van der Waals surface area contributed by atoms with Crippen LogP contribution in [0.2, 0.25) is 0 Å². The summed E-state index contributed by atoms with van der Waals surface area (Å²) in [5, 5.41) is 5.90. The van der Waals surface area contributed by atoms with Crippen LogP contribution in [0.15, 0.2) is 30.3 Å². The van der Waals surface area contributed by atoms with Crippen molar-refractivity contribution in [3.8, 4) is 0 Å². The fourth-order valence-electron chi connectivity index (χ4n) is 2.48. The lowest BCUT2D eigenvalue weighted by Gasteiger charge is -2.24. The molecule has 0 fully saturated rings. The minimum Gasteiger partial charge on any atom is -0.373 e. The third-order valence-corrected chi connectivity index (χ3v) is 3.46. The minimum atomic E-state index is -0.303. The Hall–Kier alpha value is -1.88. The summed E-state index contributed by atoms with van der Waals surface area (Å²) in [4.78, 5) is 24.3. The van der Waals surface area contributed by atoms with E-state index in [1.165, 1.54) is 0 Å². The Morgan fingerprint density at radius 3 is 2.00 bits per heavy atom. The molecule has 0 heterocycles. The van der Waals surface area contributed by atoms with E-state index in [-0.39, 0.29) is 35.4 Å². The molecule has 2 amide bonds. The van der Waals surface area contributed by atoms with Crippen molar-refractivity contribution < 1.29 is 14.3 Å². The number of hydrogen-bond donors (Lipinski definition) is 2. The van der Waals surface area contributed by atoms with Gasteiger partial charge in [-0.3, -0.25) is 9.59 Å². The lowest BCUT2D eigenvalue weighted by atomic mass is 10.1. The summed E-state index contributed by atoms with van der Waals surface area (Å²) in [5.74, 6) is -0.0890. The zero-order valence-corrected chi connectivity index (χ0v) is 17.0. The fraction of sp³-hybridized carbons (Fsp3) is 0.619. The Morgan fingerprint density at radius 2 is 1.46 bits per heavy atom. The van der Waals surface area contributed by atoms with Crippen LogP contribution in [0.5, 0.6) is 0 Å². The van der Waals surface area contributed by atoms with Gasteiger partial charge in [0.15, 0.2) is 0 Å². The number of hydrogen-bond acceptors (Lipinski definition) is 3. The SMILES string of the molecule is CC(C)(C)NC(=O)CCC(CC(=O)NC(C)(C)C)OCc1ccccc1. The molecule has 1 aromatic carbocycles. The van der Waals surface area contributed by atoms with E-state index >= 15 is 0 Å². The summed E-state index contributed by atoms with van der Waals surface area (Å²) in [6.07, 6.45) is 0.780. The van der Waals surface area contributed by atoms with Gasteiger partial charge in [-0.15, -0.1) is 0 Å². The largest absolute Gasteiger partial charge is 0.373 e. The van der Waals surface area contributed by atoms with Crippen LogP contribution in [-0.4, -0.2) is 29.0 Å². The second kappa shape index (κ2) is 9.72. The van der Waals surface area contributed by atoms with Crippen LogP contribution in [0.25, 0.3) is 0 Å². The van der Waals surface area contributed by atoms with Gasteiger partial charge in [-0.2, -0.15) is 0 Å². The molecule has 0 aromatic heterocycles. The quantitative estimate of drug-likeness (QED) is 0.743. The van der Waals surface area contributed by atoms with Gasteiger partial charge in [0, 0.05) is 17.5 Å². The van der Waals surface area contributed by atoms with Crippen molar-refractivity contribution in [3.05, 3.63) is 35.9 Å². The molecule has 0 saturated carbocycles. The van der Waals surface area contributed by atoms with E-state index < -0.39 is 0 Å². The van der Waals surface area contributed by atoms with E-state index in [4.69, 9.17) is 4.74 Å². The molecule has 0 saturated heterocycles. The number of nitrogens with one attached hydrogen (secondary N) is 2. The standard InChI is InChI=1S/C21H34N2O3/c1-20(2,3)22-18(24)13-12-17(14-19(25)23-21(4,5)6)26-15-16-10-8-7-9-11-16/h7-11,17H,12-15H2,1-6H3,(H,22,24)(H,23,25). The van der Waals surface area contributed by atoms with Crippen LogP contribution in [0.4, 0.5) is 0 Å². The molecule has 1 rings (SSSR count). The Kier molecular flexibility index (Phi) is 8.28. The lowest BCUT2D eigenvalue weighted by molar-refractivity contribution is -0.128. The Labute approximate surface area is 157 Å². The van der Waals surface area contributed by atoms with Crippen LogP contribution >= 0.6 is 0 Å². The van der Waals surface area contributed by atoms with Crippen molar-refractivity contribution in [2.24, 2.45) is 0 Å². The average Bonchev–Trinajstić information content (AvgIpc) is 2.47. The molecule has 1 aromatic rings. The maximum Gasteiger partial charge on any atom is 0.223 e. The maximum atomic E-state index is 12.3. The molecular formula is C21H34N2O3. The number of benzene rings is 1. The van der Waals surface area contributed by atoms with Crippen molar-refractivity contribution in [2.45, 2.75) is 84.6 Å². The van der Waals surface area contributed by atoms with Gasteiger partial charge in [-0.1, -0.05) is 30.3 Å². The van der Waals surface area contributed by atoms with Gasteiger partial charge in [0.1, 0.15) is 0 Å². The summed E-state index contributed by atoms with van der Waals surface area (Å²) in [6.45, 7) is 12.1. The van der Waals surface area contributed by atoms with Gasteiger partial charge in [0.2, 0.25) is 11.8 Å². The van der Waals surface area contributed by atoms with Crippen LogP contribution in [-0.2, 0) is 20.9 Å². The Balaban J connectivity index is 2.62. The third-order valence-electron chi connectivity index (χ3n) is 3.46. The van der Waals surface area contributed by atoms with E-state index in [0.29, 0.717) is 19.4 Å². The van der Waals surface area contributed by atoms with Crippen LogP contribution < -0.4 is 10.6 Å². The topological polar surface area (TPSA) is 67.4 Å². The van der Waals surface area contributed by atoms with Crippen LogP contribution in [0.3, 0.4) is 0 Å². The molecule has 1 atom stereocenters. The van der Waals surface area contributed by atoms with E-state index in [2.05, 4.69) is 10.6 Å². The fourth-order valence-corrected chi connectivity index (χ4v) is 2.48. The molecule has 5 nitrogen and oxygen atoms in total. The molecule has 1 unspecified atom stereocenters. The number of carbonyl (C=O) groups is 2. The highest BCUT2D eigenvalue weighted by Crippen LogP contribution is 2.13. The zero-order valence-electron chi connectivity index (χ0n) is 17.0. The van der Waals surface area contributed by atoms with Gasteiger partial charge in [0.25, 0.3) is 0 Å². The number of ether oxygens (including phenoxy) is 1. The van der Waals surface area contributed by atoms with Crippen molar-refractivity contribution in [1.29, 1.82) is 0 Å². The molecule has 5 heteroatoms. The molecule has 0 radical (unpaired) electrons. The van der Waals surface area contributed by atoms with E-state index in [1.54, 1.807) is 0 Å².